The van der Waals surface area contributed by atoms with Crippen molar-refractivity contribution in [3.8, 4) is 17.3 Å². The summed E-state index contributed by atoms with van der Waals surface area (Å²) in [5.41, 5.74) is 4.24. The molecule has 2 aromatic carbocycles. The van der Waals surface area contributed by atoms with Crippen LogP contribution in [-0.4, -0.2) is 69.7 Å². The maximum absolute atomic E-state index is 12.8. The first-order valence-electron chi connectivity index (χ1n) is 12.8. The van der Waals surface area contributed by atoms with Gasteiger partial charge in [0, 0.05) is 44.8 Å². The summed E-state index contributed by atoms with van der Waals surface area (Å²) in [5.74, 6) is 2.34. The molecule has 2 aromatic heterocycles. The lowest BCUT2D eigenvalue weighted by atomic mass is 10.0. The zero-order valence-corrected chi connectivity index (χ0v) is 20.7. The average Bonchev–Trinajstić information content (AvgIpc) is 3.60. The maximum Gasteiger partial charge on any atom is 0.238 e. The van der Waals surface area contributed by atoms with Crippen LogP contribution in [-0.2, 0) is 17.6 Å². The van der Waals surface area contributed by atoms with Gasteiger partial charge < -0.3 is 9.73 Å². The van der Waals surface area contributed by atoms with Crippen molar-refractivity contribution in [2.45, 2.75) is 12.8 Å². The van der Waals surface area contributed by atoms with Crippen LogP contribution in [0, 0.1) is 0 Å². The molecule has 0 atom stereocenters. The quantitative estimate of drug-likeness (QED) is 0.420. The number of carbonyl (C=O) groups excluding carboxylic acids is 1. The second-order valence-corrected chi connectivity index (χ2v) is 9.53. The minimum Gasteiger partial charge on any atom is -0.461 e. The molecule has 4 aromatic rings. The van der Waals surface area contributed by atoms with E-state index in [9.17, 15) is 4.79 Å². The lowest BCUT2D eigenvalue weighted by molar-refractivity contribution is -0.117. The molecule has 8 heteroatoms. The topological polar surface area (TPSA) is 79.4 Å². The Bertz CT molecular complexity index is 1390. The Balaban J connectivity index is 1.03. The summed E-state index contributed by atoms with van der Waals surface area (Å²) in [7, 11) is 0. The molecule has 8 nitrogen and oxygen atoms in total. The molecule has 0 aliphatic carbocycles. The minimum absolute atomic E-state index is 0.0226. The molecule has 0 radical (unpaired) electrons. The van der Waals surface area contributed by atoms with Crippen LogP contribution < -0.4 is 5.32 Å². The van der Waals surface area contributed by atoms with Crippen molar-refractivity contribution in [2.75, 3.05) is 44.6 Å². The Morgan fingerprint density at radius 2 is 1.78 bits per heavy atom. The van der Waals surface area contributed by atoms with E-state index in [1.807, 2.05) is 30.3 Å². The van der Waals surface area contributed by atoms with Gasteiger partial charge in [-0.2, -0.15) is 0 Å². The zero-order valence-electron chi connectivity index (χ0n) is 20.7. The lowest BCUT2D eigenvalue weighted by Gasteiger charge is -2.33. The van der Waals surface area contributed by atoms with E-state index in [1.165, 1.54) is 5.56 Å². The summed E-state index contributed by atoms with van der Waals surface area (Å²) < 4.78 is 7.61. The fourth-order valence-corrected chi connectivity index (χ4v) is 5.06. The van der Waals surface area contributed by atoms with E-state index in [2.05, 4.69) is 72.4 Å². The Morgan fingerprint density at radius 1 is 0.946 bits per heavy atom. The second-order valence-electron chi connectivity index (χ2n) is 9.53. The summed E-state index contributed by atoms with van der Waals surface area (Å²) in [4.78, 5) is 17.5. The largest absolute Gasteiger partial charge is 0.461 e. The number of amides is 1. The molecular formula is C29H30N6O2. The Hall–Kier alpha value is -4.01. The van der Waals surface area contributed by atoms with E-state index >= 15 is 0 Å². The highest BCUT2D eigenvalue weighted by atomic mass is 16.3. The van der Waals surface area contributed by atoms with Crippen molar-refractivity contribution >= 4 is 17.7 Å². The zero-order chi connectivity index (χ0) is 25.0. The van der Waals surface area contributed by atoms with Crippen LogP contribution >= 0.6 is 0 Å². The third kappa shape index (κ3) is 5.26. The molecule has 188 valence electrons. The predicted octanol–water partition coefficient (Wildman–Crippen LogP) is 3.90. The molecule has 2 aliphatic heterocycles. The number of benzene rings is 2. The fraction of sp³-hybridized carbons (Fsp3) is 0.276. The molecule has 2 aliphatic rings. The SMILES string of the molecule is O=C(CN1CCN(C/C=C/c2ccccc2)CC1)Nc1ccc2c(c1)CCc1nnc(-c3ccco3)n1-2. The molecule has 37 heavy (non-hydrogen) atoms. The fourth-order valence-electron chi connectivity index (χ4n) is 5.06. The van der Waals surface area contributed by atoms with Crippen LogP contribution in [0.3, 0.4) is 0 Å². The number of hydrogen-bond donors (Lipinski definition) is 1. The smallest absolute Gasteiger partial charge is 0.238 e. The third-order valence-electron chi connectivity index (χ3n) is 7.00. The highest BCUT2D eigenvalue weighted by Gasteiger charge is 2.24. The molecule has 0 spiro atoms. The van der Waals surface area contributed by atoms with Gasteiger partial charge >= 0.3 is 0 Å². The van der Waals surface area contributed by atoms with E-state index in [0.717, 1.165) is 68.3 Å². The monoisotopic (exact) mass is 494 g/mol. The first-order chi connectivity index (χ1) is 18.2. The number of aryl methyl sites for hydroxylation is 2. The van der Waals surface area contributed by atoms with Gasteiger partial charge in [0.15, 0.2) is 5.76 Å². The van der Waals surface area contributed by atoms with Crippen molar-refractivity contribution < 1.29 is 9.21 Å². The number of hydrogen-bond acceptors (Lipinski definition) is 6. The van der Waals surface area contributed by atoms with Gasteiger partial charge in [-0.05, 0) is 47.9 Å². The van der Waals surface area contributed by atoms with E-state index in [4.69, 9.17) is 4.42 Å². The van der Waals surface area contributed by atoms with E-state index < -0.39 is 0 Å². The molecule has 1 fully saturated rings. The average molecular weight is 495 g/mol. The van der Waals surface area contributed by atoms with Crippen molar-refractivity contribution in [1.82, 2.24) is 24.6 Å². The van der Waals surface area contributed by atoms with Gasteiger partial charge in [-0.15, -0.1) is 10.2 Å². The first-order valence-corrected chi connectivity index (χ1v) is 12.8. The number of nitrogens with one attached hydrogen (secondary N) is 1. The van der Waals surface area contributed by atoms with Crippen molar-refractivity contribution in [2.24, 2.45) is 0 Å². The van der Waals surface area contributed by atoms with Crippen LogP contribution in [0.2, 0.25) is 0 Å². The Morgan fingerprint density at radius 3 is 2.59 bits per heavy atom. The second kappa shape index (κ2) is 10.5. The van der Waals surface area contributed by atoms with Crippen molar-refractivity contribution in [3.05, 3.63) is 90.0 Å². The van der Waals surface area contributed by atoms with Crippen LogP contribution in [0.4, 0.5) is 5.69 Å². The van der Waals surface area contributed by atoms with Gasteiger partial charge in [-0.1, -0.05) is 42.5 Å². The molecule has 1 saturated heterocycles. The molecule has 6 rings (SSSR count). The van der Waals surface area contributed by atoms with Gasteiger partial charge in [-0.25, -0.2) is 0 Å². The molecule has 1 N–H and O–H groups in total. The normalized spacial score (nSPS) is 16.0. The number of carbonyl (C=O) groups is 1. The third-order valence-corrected chi connectivity index (χ3v) is 7.00. The van der Waals surface area contributed by atoms with Crippen LogP contribution in [0.25, 0.3) is 23.3 Å². The number of nitrogens with zero attached hydrogens (tertiary/aromatic N) is 5. The van der Waals surface area contributed by atoms with Crippen molar-refractivity contribution in [1.29, 1.82) is 0 Å². The van der Waals surface area contributed by atoms with Crippen LogP contribution in [0.15, 0.2) is 77.4 Å². The number of piperazine rings is 1. The molecule has 1 amide bonds. The predicted molar refractivity (Wildman–Crippen MR) is 143 cm³/mol. The van der Waals surface area contributed by atoms with Crippen molar-refractivity contribution in [3.63, 3.8) is 0 Å². The summed E-state index contributed by atoms with van der Waals surface area (Å²) in [6.07, 6.45) is 7.68. The molecule has 0 saturated carbocycles. The van der Waals surface area contributed by atoms with Gasteiger partial charge in [0.2, 0.25) is 11.7 Å². The number of aromatic nitrogens is 3. The summed E-state index contributed by atoms with van der Waals surface area (Å²) >= 11 is 0. The van der Waals surface area contributed by atoms with Gasteiger partial charge in [0.05, 0.1) is 18.5 Å². The highest BCUT2D eigenvalue weighted by Crippen LogP contribution is 2.31. The number of anilines is 1. The molecule has 4 heterocycles. The summed E-state index contributed by atoms with van der Waals surface area (Å²) in [6, 6.07) is 20.2. The van der Waals surface area contributed by atoms with Gasteiger partial charge in [0.1, 0.15) is 5.82 Å². The minimum atomic E-state index is 0.0226. The maximum atomic E-state index is 12.8. The van der Waals surface area contributed by atoms with E-state index in [0.29, 0.717) is 18.1 Å². The van der Waals surface area contributed by atoms with Gasteiger partial charge in [0.25, 0.3) is 0 Å². The van der Waals surface area contributed by atoms with Crippen LogP contribution in [0.5, 0.6) is 0 Å². The van der Waals surface area contributed by atoms with E-state index in [-0.39, 0.29) is 5.91 Å². The highest BCUT2D eigenvalue weighted by molar-refractivity contribution is 5.92. The Kier molecular flexibility index (Phi) is 6.66. The number of furan rings is 1. The van der Waals surface area contributed by atoms with Gasteiger partial charge in [-0.3, -0.25) is 19.2 Å². The Labute approximate surface area is 216 Å². The first kappa shape index (κ1) is 23.4. The lowest BCUT2D eigenvalue weighted by Crippen LogP contribution is -2.48. The summed E-state index contributed by atoms with van der Waals surface area (Å²) in [5, 5.41) is 11.8. The standard InChI is InChI=1S/C29H30N6O2/c36-28(21-34-17-15-33(16-18-34)14-4-8-22-6-2-1-3-7-22)30-24-11-12-25-23(20-24)10-13-27-31-32-29(35(25)27)26-9-5-19-37-26/h1-9,11-12,19-20H,10,13-18,21H2,(H,30,36)/b8-4+. The number of fused-ring (bicyclic) bond motifs is 3. The molecule has 0 bridgehead atoms. The van der Waals surface area contributed by atoms with Crippen LogP contribution in [0.1, 0.15) is 17.0 Å². The molecular weight excluding hydrogens is 464 g/mol. The van der Waals surface area contributed by atoms with E-state index in [1.54, 1.807) is 6.26 Å². The summed E-state index contributed by atoms with van der Waals surface area (Å²) in [6.45, 7) is 5.05. The number of rotatable bonds is 7. The molecule has 0 unspecified atom stereocenters.